The third-order valence-electron chi connectivity index (χ3n) is 3.22. The molecule has 0 aromatic heterocycles. The van der Waals surface area contributed by atoms with Gasteiger partial charge in [0.25, 0.3) is 0 Å². The van der Waals surface area contributed by atoms with Crippen LogP contribution in [0.2, 0.25) is 0 Å². The van der Waals surface area contributed by atoms with Gasteiger partial charge in [-0.15, -0.1) is 0 Å². The molecule has 1 aliphatic rings. The van der Waals surface area contributed by atoms with E-state index in [1.165, 1.54) is 0 Å². The molecule has 96 valence electrons. The van der Waals surface area contributed by atoms with Gasteiger partial charge < -0.3 is 10.2 Å². The molecule has 2 N–H and O–H groups in total. The number of hydrogen-bond acceptors (Lipinski definition) is 3. The molecule has 0 saturated carbocycles. The lowest BCUT2D eigenvalue weighted by atomic mass is 10.1. The summed E-state index contributed by atoms with van der Waals surface area (Å²) in [4.78, 5) is 23.6. The number of hydrogen-bond donors (Lipinski definition) is 2. The molecule has 1 aromatic rings. The highest BCUT2D eigenvalue weighted by Gasteiger charge is 2.30. The summed E-state index contributed by atoms with van der Waals surface area (Å²) in [5, 5.41) is 17.8. The van der Waals surface area contributed by atoms with E-state index in [1.807, 2.05) is 29.2 Å². The molecule has 0 amide bonds. The molecule has 1 heterocycles. The third-order valence-corrected chi connectivity index (χ3v) is 3.22. The summed E-state index contributed by atoms with van der Waals surface area (Å²) in [6, 6.07) is 7.08. The van der Waals surface area contributed by atoms with Crippen molar-refractivity contribution in [1.29, 1.82) is 0 Å². The maximum Gasteiger partial charge on any atom is 0.320 e. The van der Waals surface area contributed by atoms with Crippen LogP contribution < -0.4 is 0 Å². The average molecular weight is 249 g/mol. The summed E-state index contributed by atoms with van der Waals surface area (Å²) in [6.07, 6.45) is 0.0163. The van der Waals surface area contributed by atoms with Crippen LogP contribution >= 0.6 is 0 Å². The highest BCUT2D eigenvalue weighted by molar-refractivity contribution is 5.75. The van der Waals surface area contributed by atoms with Crippen molar-refractivity contribution < 1.29 is 19.8 Å². The Morgan fingerprint density at radius 1 is 1.17 bits per heavy atom. The fraction of sp³-hybridized carbons (Fsp3) is 0.385. The minimum absolute atomic E-state index is 0.121. The molecule has 0 bridgehead atoms. The Labute approximate surface area is 105 Å². The molecule has 0 aliphatic carbocycles. The maximum atomic E-state index is 11.2. The van der Waals surface area contributed by atoms with Gasteiger partial charge in [-0.25, -0.2) is 0 Å². The number of carboxylic acid groups (broad SMARTS) is 2. The average Bonchev–Trinajstić information content (AvgIpc) is 2.71. The minimum atomic E-state index is -0.960. The van der Waals surface area contributed by atoms with E-state index in [0.29, 0.717) is 13.1 Å². The number of fused-ring (bicyclic) bond motifs is 1. The van der Waals surface area contributed by atoms with Gasteiger partial charge in [-0.3, -0.25) is 14.5 Å². The van der Waals surface area contributed by atoms with Gasteiger partial charge in [0.15, 0.2) is 0 Å². The second-order valence-corrected chi connectivity index (χ2v) is 4.46. The monoisotopic (exact) mass is 249 g/mol. The topological polar surface area (TPSA) is 77.8 Å². The SMILES string of the molecule is O=C(O)CC[C@H](C(=O)O)N1Cc2ccccc2C1. The third kappa shape index (κ3) is 2.68. The number of benzene rings is 1. The first-order valence-corrected chi connectivity index (χ1v) is 5.83. The van der Waals surface area contributed by atoms with Crippen molar-refractivity contribution in [3.63, 3.8) is 0 Å². The summed E-state index contributed by atoms with van der Waals surface area (Å²) >= 11 is 0. The smallest absolute Gasteiger partial charge is 0.320 e. The van der Waals surface area contributed by atoms with Gasteiger partial charge in [-0.1, -0.05) is 24.3 Å². The molecule has 1 atom stereocenters. The van der Waals surface area contributed by atoms with E-state index >= 15 is 0 Å². The second-order valence-electron chi connectivity index (χ2n) is 4.46. The summed E-state index contributed by atoms with van der Waals surface area (Å²) in [6.45, 7) is 1.15. The number of aliphatic carboxylic acids is 2. The molecule has 2 rings (SSSR count). The molecule has 1 aromatic carbocycles. The van der Waals surface area contributed by atoms with E-state index in [4.69, 9.17) is 5.11 Å². The maximum absolute atomic E-state index is 11.2. The highest BCUT2D eigenvalue weighted by atomic mass is 16.4. The first-order valence-electron chi connectivity index (χ1n) is 5.83. The van der Waals surface area contributed by atoms with Crippen molar-refractivity contribution in [2.75, 3.05) is 0 Å². The van der Waals surface area contributed by atoms with Crippen LogP contribution in [0.3, 0.4) is 0 Å². The van der Waals surface area contributed by atoms with Gasteiger partial charge in [0.2, 0.25) is 0 Å². The van der Waals surface area contributed by atoms with Crippen LogP contribution in [0.4, 0.5) is 0 Å². The molecular formula is C13H15NO4. The predicted octanol–water partition coefficient (Wildman–Crippen LogP) is 1.32. The largest absolute Gasteiger partial charge is 0.481 e. The van der Waals surface area contributed by atoms with Gasteiger partial charge in [0.1, 0.15) is 6.04 Å². The Kier molecular flexibility index (Phi) is 3.62. The van der Waals surface area contributed by atoms with Gasteiger partial charge in [-0.2, -0.15) is 0 Å². The number of rotatable bonds is 5. The van der Waals surface area contributed by atoms with Crippen molar-refractivity contribution in [2.24, 2.45) is 0 Å². The van der Waals surface area contributed by atoms with E-state index in [0.717, 1.165) is 11.1 Å². The van der Waals surface area contributed by atoms with Gasteiger partial charge in [0, 0.05) is 19.5 Å². The van der Waals surface area contributed by atoms with E-state index < -0.39 is 18.0 Å². The van der Waals surface area contributed by atoms with Crippen LogP contribution in [-0.2, 0) is 22.7 Å². The fourth-order valence-corrected chi connectivity index (χ4v) is 2.30. The highest BCUT2D eigenvalue weighted by Crippen LogP contribution is 2.25. The van der Waals surface area contributed by atoms with Crippen molar-refractivity contribution in [1.82, 2.24) is 4.90 Å². The zero-order valence-corrected chi connectivity index (χ0v) is 9.87. The number of nitrogens with zero attached hydrogens (tertiary/aromatic N) is 1. The Hall–Kier alpha value is -1.88. The Morgan fingerprint density at radius 3 is 2.17 bits per heavy atom. The minimum Gasteiger partial charge on any atom is -0.481 e. The zero-order valence-electron chi connectivity index (χ0n) is 9.87. The number of carboxylic acids is 2. The lowest BCUT2D eigenvalue weighted by molar-refractivity contribution is -0.144. The van der Waals surface area contributed by atoms with Gasteiger partial charge >= 0.3 is 11.9 Å². The zero-order chi connectivity index (χ0) is 13.1. The van der Waals surface area contributed by atoms with Crippen LogP contribution in [0.5, 0.6) is 0 Å². The summed E-state index contributed by atoms with van der Waals surface area (Å²) in [5.74, 6) is -1.91. The molecule has 1 aliphatic heterocycles. The summed E-state index contributed by atoms with van der Waals surface area (Å²) < 4.78 is 0. The Bertz CT molecular complexity index is 447. The first kappa shape index (κ1) is 12.6. The lowest BCUT2D eigenvalue weighted by Crippen LogP contribution is -2.38. The van der Waals surface area contributed by atoms with Crippen molar-refractivity contribution in [3.8, 4) is 0 Å². The first-order chi connectivity index (χ1) is 8.58. The molecule has 18 heavy (non-hydrogen) atoms. The predicted molar refractivity (Wildman–Crippen MR) is 64.0 cm³/mol. The summed E-state index contributed by atoms with van der Waals surface area (Å²) in [5.41, 5.74) is 2.25. The van der Waals surface area contributed by atoms with E-state index in [9.17, 15) is 14.7 Å². The van der Waals surface area contributed by atoms with Crippen molar-refractivity contribution in [2.45, 2.75) is 32.0 Å². The molecule has 5 nitrogen and oxygen atoms in total. The normalized spacial score (nSPS) is 16.2. The van der Waals surface area contributed by atoms with Crippen LogP contribution in [0.1, 0.15) is 24.0 Å². The van der Waals surface area contributed by atoms with Crippen molar-refractivity contribution in [3.05, 3.63) is 35.4 Å². The quantitative estimate of drug-likeness (QED) is 0.823. The van der Waals surface area contributed by atoms with Gasteiger partial charge in [-0.05, 0) is 17.5 Å². The van der Waals surface area contributed by atoms with Gasteiger partial charge in [0.05, 0.1) is 0 Å². The van der Waals surface area contributed by atoms with E-state index in [-0.39, 0.29) is 12.8 Å². The molecule has 0 spiro atoms. The fourth-order valence-electron chi connectivity index (χ4n) is 2.30. The Morgan fingerprint density at radius 2 is 1.72 bits per heavy atom. The van der Waals surface area contributed by atoms with Crippen LogP contribution in [0.15, 0.2) is 24.3 Å². The van der Waals surface area contributed by atoms with E-state index in [2.05, 4.69) is 0 Å². The molecule has 0 unspecified atom stereocenters. The van der Waals surface area contributed by atoms with E-state index in [1.54, 1.807) is 0 Å². The second kappa shape index (κ2) is 5.18. The molecule has 5 heteroatoms. The molecule has 0 radical (unpaired) electrons. The molecule has 0 saturated heterocycles. The molecule has 0 fully saturated rings. The number of carbonyl (C=O) groups is 2. The standard InChI is InChI=1S/C13H15NO4/c15-12(16)6-5-11(13(17)18)14-7-9-3-1-2-4-10(9)8-14/h1-4,11H,5-8H2,(H,15,16)(H,17,18)/t11-/m1/s1. The summed E-state index contributed by atoms with van der Waals surface area (Å²) in [7, 11) is 0. The Balaban J connectivity index is 2.06. The van der Waals surface area contributed by atoms with Crippen LogP contribution in [-0.4, -0.2) is 33.1 Å². The molecular weight excluding hydrogens is 234 g/mol. The van der Waals surface area contributed by atoms with Crippen LogP contribution in [0, 0.1) is 0 Å². The van der Waals surface area contributed by atoms with Crippen LogP contribution in [0.25, 0.3) is 0 Å². The lowest BCUT2D eigenvalue weighted by Gasteiger charge is -2.23. The van der Waals surface area contributed by atoms with Crippen molar-refractivity contribution >= 4 is 11.9 Å².